The molecule has 0 fully saturated rings. The zero-order valence-corrected chi connectivity index (χ0v) is 15.6. The largest absolute Gasteiger partial charge is 0.484 e. The van der Waals surface area contributed by atoms with Gasteiger partial charge in [-0.2, -0.15) is 0 Å². The second kappa shape index (κ2) is 8.92. The molecular formula is C18H20F2N2O4S. The smallest absolute Gasteiger partial charge is 0.262 e. The lowest BCUT2D eigenvalue weighted by molar-refractivity contribution is -0.118. The molecule has 0 aliphatic carbocycles. The molecule has 6 nitrogen and oxygen atoms in total. The van der Waals surface area contributed by atoms with E-state index < -0.39 is 34.2 Å². The van der Waals surface area contributed by atoms with Crippen LogP contribution in [0.5, 0.6) is 5.75 Å². The van der Waals surface area contributed by atoms with E-state index in [1.807, 2.05) is 6.92 Å². The molecule has 0 spiro atoms. The van der Waals surface area contributed by atoms with Crippen LogP contribution in [-0.4, -0.2) is 27.0 Å². The third kappa shape index (κ3) is 6.00. The van der Waals surface area contributed by atoms with Crippen LogP contribution in [0.25, 0.3) is 0 Å². The molecule has 0 bridgehead atoms. The van der Waals surface area contributed by atoms with E-state index in [1.54, 1.807) is 6.92 Å². The van der Waals surface area contributed by atoms with E-state index >= 15 is 0 Å². The number of sulfonamides is 1. The molecule has 146 valence electrons. The molecule has 1 atom stereocenters. The summed E-state index contributed by atoms with van der Waals surface area (Å²) in [7, 11) is -3.63. The third-order valence-electron chi connectivity index (χ3n) is 3.68. The number of hydrogen-bond acceptors (Lipinski definition) is 4. The quantitative estimate of drug-likeness (QED) is 0.716. The van der Waals surface area contributed by atoms with E-state index in [2.05, 4.69) is 10.0 Å². The molecular weight excluding hydrogens is 378 g/mol. The molecule has 0 aromatic heterocycles. The number of halogens is 2. The number of anilines is 1. The van der Waals surface area contributed by atoms with Crippen LogP contribution in [0.2, 0.25) is 0 Å². The molecule has 2 rings (SSSR count). The highest BCUT2D eigenvalue weighted by Crippen LogP contribution is 2.18. The third-order valence-corrected chi connectivity index (χ3v) is 5.28. The Bertz CT molecular complexity index is 902. The van der Waals surface area contributed by atoms with E-state index in [1.165, 1.54) is 24.3 Å². The van der Waals surface area contributed by atoms with Crippen molar-refractivity contribution < 1.29 is 26.7 Å². The summed E-state index contributed by atoms with van der Waals surface area (Å²) >= 11 is 0. The Kier molecular flexibility index (Phi) is 6.86. The van der Waals surface area contributed by atoms with Crippen molar-refractivity contribution >= 4 is 21.6 Å². The van der Waals surface area contributed by atoms with E-state index in [0.717, 1.165) is 18.2 Å². The van der Waals surface area contributed by atoms with E-state index in [-0.39, 0.29) is 22.4 Å². The van der Waals surface area contributed by atoms with Crippen molar-refractivity contribution in [2.45, 2.75) is 31.2 Å². The van der Waals surface area contributed by atoms with Crippen LogP contribution in [0.4, 0.5) is 14.5 Å². The van der Waals surface area contributed by atoms with Crippen LogP contribution in [0.1, 0.15) is 20.3 Å². The second-order valence-electron chi connectivity index (χ2n) is 5.86. The zero-order chi connectivity index (χ0) is 20.0. The Morgan fingerprint density at radius 3 is 2.44 bits per heavy atom. The molecule has 0 aliphatic rings. The molecule has 0 radical (unpaired) electrons. The fourth-order valence-corrected chi connectivity index (χ4v) is 3.39. The van der Waals surface area contributed by atoms with E-state index in [9.17, 15) is 22.0 Å². The van der Waals surface area contributed by atoms with Gasteiger partial charge in [0.05, 0.1) is 10.6 Å². The van der Waals surface area contributed by atoms with Crippen molar-refractivity contribution in [1.82, 2.24) is 4.72 Å². The molecule has 1 unspecified atom stereocenters. The summed E-state index contributed by atoms with van der Waals surface area (Å²) in [6, 6.07) is 8.01. The van der Waals surface area contributed by atoms with Crippen LogP contribution in [0.15, 0.2) is 47.4 Å². The maximum atomic E-state index is 13.5. The van der Waals surface area contributed by atoms with Gasteiger partial charge in [0.2, 0.25) is 10.0 Å². The molecule has 0 heterocycles. The molecule has 2 aromatic carbocycles. The molecule has 9 heteroatoms. The van der Waals surface area contributed by atoms with Crippen LogP contribution in [-0.2, 0) is 14.8 Å². The van der Waals surface area contributed by atoms with Gasteiger partial charge < -0.3 is 10.1 Å². The van der Waals surface area contributed by atoms with E-state index in [0.29, 0.717) is 6.42 Å². The lowest BCUT2D eigenvalue weighted by Crippen LogP contribution is -2.31. The Morgan fingerprint density at radius 1 is 1.15 bits per heavy atom. The number of ether oxygens (including phenoxy) is 1. The fraction of sp³-hybridized carbons (Fsp3) is 0.278. The van der Waals surface area contributed by atoms with Crippen LogP contribution in [0.3, 0.4) is 0 Å². The number of carbonyl (C=O) groups is 1. The number of benzene rings is 2. The standard InChI is InChI=1S/C18H20F2N2O4S/c1-3-12(2)22-27(24,25)15-7-5-14(6-8-15)26-11-18(23)21-17-10-13(19)4-9-16(17)20/h4-10,12,22H,3,11H2,1-2H3,(H,21,23). The number of hydrogen-bond donors (Lipinski definition) is 2. The topological polar surface area (TPSA) is 84.5 Å². The minimum atomic E-state index is -3.63. The average Bonchev–Trinajstić information content (AvgIpc) is 2.63. The predicted molar refractivity (Wildman–Crippen MR) is 97.0 cm³/mol. The Balaban J connectivity index is 1.95. The van der Waals surface area contributed by atoms with Gasteiger partial charge >= 0.3 is 0 Å². The first-order valence-electron chi connectivity index (χ1n) is 8.21. The van der Waals surface area contributed by atoms with Crippen molar-refractivity contribution in [3.8, 4) is 5.75 Å². The van der Waals surface area contributed by atoms with Gasteiger partial charge in [-0.3, -0.25) is 4.79 Å². The summed E-state index contributed by atoms with van der Waals surface area (Å²) in [6.07, 6.45) is 0.654. The van der Waals surface area contributed by atoms with Gasteiger partial charge in [0.15, 0.2) is 6.61 Å². The van der Waals surface area contributed by atoms with Gasteiger partial charge in [-0.25, -0.2) is 21.9 Å². The molecule has 27 heavy (non-hydrogen) atoms. The lowest BCUT2D eigenvalue weighted by atomic mass is 10.3. The Labute approximate surface area is 156 Å². The second-order valence-corrected chi connectivity index (χ2v) is 7.58. The SMILES string of the molecule is CCC(C)NS(=O)(=O)c1ccc(OCC(=O)Nc2cc(F)ccc2F)cc1. The number of rotatable bonds is 8. The van der Waals surface area contributed by atoms with Crippen LogP contribution < -0.4 is 14.8 Å². The number of carbonyl (C=O) groups excluding carboxylic acids is 1. The van der Waals surface area contributed by atoms with Crippen LogP contribution >= 0.6 is 0 Å². The molecule has 1 amide bonds. The normalized spacial score (nSPS) is 12.4. The number of nitrogens with one attached hydrogen (secondary N) is 2. The first-order valence-corrected chi connectivity index (χ1v) is 9.69. The van der Waals surface area contributed by atoms with Crippen molar-refractivity contribution in [3.05, 3.63) is 54.1 Å². The minimum Gasteiger partial charge on any atom is -0.484 e. The van der Waals surface area contributed by atoms with Crippen molar-refractivity contribution in [2.75, 3.05) is 11.9 Å². The summed E-state index contributed by atoms with van der Waals surface area (Å²) in [6.45, 7) is 3.17. The summed E-state index contributed by atoms with van der Waals surface area (Å²) in [4.78, 5) is 11.9. The molecule has 2 aromatic rings. The van der Waals surface area contributed by atoms with Gasteiger partial charge in [0.1, 0.15) is 17.4 Å². The maximum Gasteiger partial charge on any atom is 0.262 e. The summed E-state index contributed by atoms with van der Waals surface area (Å²) < 4.78 is 58.6. The number of amides is 1. The zero-order valence-electron chi connectivity index (χ0n) is 14.8. The summed E-state index contributed by atoms with van der Waals surface area (Å²) in [5, 5.41) is 2.20. The van der Waals surface area contributed by atoms with Gasteiger partial charge in [0.25, 0.3) is 5.91 Å². The highest BCUT2D eigenvalue weighted by molar-refractivity contribution is 7.89. The van der Waals surface area contributed by atoms with Crippen LogP contribution in [0, 0.1) is 11.6 Å². The monoisotopic (exact) mass is 398 g/mol. The fourth-order valence-electron chi connectivity index (χ4n) is 2.06. The average molecular weight is 398 g/mol. The van der Waals surface area contributed by atoms with Gasteiger partial charge in [-0.05, 0) is 49.7 Å². The van der Waals surface area contributed by atoms with Crippen molar-refractivity contribution in [3.63, 3.8) is 0 Å². The lowest BCUT2D eigenvalue weighted by Gasteiger charge is -2.12. The van der Waals surface area contributed by atoms with Crippen molar-refractivity contribution in [2.24, 2.45) is 0 Å². The van der Waals surface area contributed by atoms with Crippen molar-refractivity contribution in [1.29, 1.82) is 0 Å². The van der Waals surface area contributed by atoms with Gasteiger partial charge in [-0.1, -0.05) is 6.92 Å². The maximum absolute atomic E-state index is 13.5. The molecule has 0 saturated carbocycles. The highest BCUT2D eigenvalue weighted by Gasteiger charge is 2.16. The molecule has 0 saturated heterocycles. The van der Waals surface area contributed by atoms with E-state index in [4.69, 9.17) is 4.74 Å². The first-order chi connectivity index (χ1) is 12.7. The summed E-state index contributed by atoms with van der Waals surface area (Å²) in [5.41, 5.74) is -0.291. The minimum absolute atomic E-state index is 0.0708. The molecule has 2 N–H and O–H groups in total. The van der Waals surface area contributed by atoms with Gasteiger partial charge in [0, 0.05) is 12.1 Å². The summed E-state index contributed by atoms with van der Waals surface area (Å²) in [5.74, 6) is -1.88. The first kappa shape index (κ1) is 20.8. The molecule has 0 aliphatic heterocycles. The predicted octanol–water partition coefficient (Wildman–Crippen LogP) is 3.06. The Morgan fingerprint density at radius 2 is 1.81 bits per heavy atom. The Hall–Kier alpha value is -2.52. The highest BCUT2D eigenvalue weighted by atomic mass is 32.2. The van der Waals surface area contributed by atoms with Gasteiger partial charge in [-0.15, -0.1) is 0 Å².